The van der Waals surface area contributed by atoms with Crippen LogP contribution in [0.4, 0.5) is 9.18 Å². The molecule has 7 nitrogen and oxygen atoms in total. The first-order valence-electron chi connectivity index (χ1n) is 11.1. The molecule has 1 amide bonds. The fourth-order valence-electron chi connectivity index (χ4n) is 5.68. The molecule has 1 spiro atoms. The van der Waals surface area contributed by atoms with Crippen LogP contribution in [-0.4, -0.2) is 69.9 Å². The first-order valence-corrected chi connectivity index (χ1v) is 12.0. The molecule has 1 saturated carbocycles. The highest BCUT2D eigenvalue weighted by Crippen LogP contribution is 2.48. The molecule has 5 rings (SSSR count). The Labute approximate surface area is 185 Å². The number of rotatable bonds is 4. The van der Waals surface area contributed by atoms with E-state index in [1.54, 1.807) is 11.6 Å². The number of hydrogen-bond donors (Lipinski definition) is 0. The van der Waals surface area contributed by atoms with E-state index in [0.29, 0.717) is 12.6 Å². The summed E-state index contributed by atoms with van der Waals surface area (Å²) < 4.78 is 19.1. The second-order valence-corrected chi connectivity index (χ2v) is 9.93. The van der Waals surface area contributed by atoms with Gasteiger partial charge in [0.2, 0.25) is 0 Å². The van der Waals surface area contributed by atoms with Crippen molar-refractivity contribution >= 4 is 17.4 Å². The molecule has 31 heavy (non-hydrogen) atoms. The number of carbonyl (C=O) groups is 1. The fraction of sp³-hybridized carbons (Fsp3) is 0.636. The van der Waals surface area contributed by atoms with Gasteiger partial charge in [0, 0.05) is 24.5 Å². The van der Waals surface area contributed by atoms with Crippen LogP contribution >= 0.6 is 11.3 Å². The van der Waals surface area contributed by atoms with Crippen molar-refractivity contribution in [2.75, 3.05) is 32.8 Å². The fourth-order valence-corrected chi connectivity index (χ4v) is 6.25. The van der Waals surface area contributed by atoms with Gasteiger partial charge in [-0.25, -0.2) is 9.18 Å². The molecule has 3 fully saturated rings. The molecule has 3 aliphatic rings. The van der Waals surface area contributed by atoms with Crippen LogP contribution in [0, 0.1) is 11.2 Å². The summed E-state index contributed by atoms with van der Waals surface area (Å²) in [5.41, 5.74) is 3.71. The molecule has 0 aromatic carbocycles. The number of amides is 1. The van der Waals surface area contributed by atoms with Gasteiger partial charge in [-0.15, -0.1) is 10.2 Å². The van der Waals surface area contributed by atoms with Crippen molar-refractivity contribution in [2.24, 2.45) is 5.41 Å². The number of likely N-dealkylation sites (tertiary alicyclic amines) is 2. The first-order chi connectivity index (χ1) is 15.1. The van der Waals surface area contributed by atoms with E-state index in [-0.39, 0.29) is 23.2 Å². The average molecular weight is 446 g/mol. The van der Waals surface area contributed by atoms with E-state index < -0.39 is 0 Å². The van der Waals surface area contributed by atoms with Crippen LogP contribution in [0.5, 0.6) is 0 Å². The minimum absolute atomic E-state index is 0.174. The molecule has 4 heterocycles. The second-order valence-electron chi connectivity index (χ2n) is 9.10. The van der Waals surface area contributed by atoms with Crippen LogP contribution in [0.3, 0.4) is 0 Å². The lowest BCUT2D eigenvalue weighted by Crippen LogP contribution is -2.58. The quantitative estimate of drug-likeness (QED) is 0.710. The summed E-state index contributed by atoms with van der Waals surface area (Å²) in [5, 5.41) is 8.82. The molecular weight excluding hydrogens is 417 g/mol. The molecule has 2 aromatic rings. The van der Waals surface area contributed by atoms with Crippen molar-refractivity contribution in [3.8, 4) is 10.7 Å². The SMILES string of the molecule is CCOC(=O)N1CC2(CC[C@@H](N3CCC(c4cc(F)cnc4-c4nncs4)CC3)C2)C1. The normalized spacial score (nSPS) is 23.8. The maximum atomic E-state index is 14.0. The van der Waals surface area contributed by atoms with E-state index in [9.17, 15) is 9.18 Å². The van der Waals surface area contributed by atoms with Crippen molar-refractivity contribution < 1.29 is 13.9 Å². The predicted octanol–water partition coefficient (Wildman–Crippen LogP) is 3.93. The Morgan fingerprint density at radius 2 is 2.13 bits per heavy atom. The Hall–Kier alpha value is -2.13. The summed E-state index contributed by atoms with van der Waals surface area (Å²) in [5.74, 6) is -0.00344. The Morgan fingerprint density at radius 1 is 1.32 bits per heavy atom. The molecule has 0 unspecified atom stereocenters. The van der Waals surface area contributed by atoms with Gasteiger partial charge in [-0.05, 0) is 69.7 Å². The van der Waals surface area contributed by atoms with Gasteiger partial charge in [0.15, 0.2) is 5.01 Å². The van der Waals surface area contributed by atoms with Gasteiger partial charge < -0.3 is 14.5 Å². The zero-order valence-electron chi connectivity index (χ0n) is 17.8. The maximum absolute atomic E-state index is 14.0. The molecular formula is C22H28FN5O2S. The van der Waals surface area contributed by atoms with Crippen molar-refractivity contribution in [2.45, 2.75) is 51.0 Å². The average Bonchev–Trinajstić information content (AvgIpc) is 3.43. The van der Waals surface area contributed by atoms with Gasteiger partial charge in [-0.2, -0.15) is 0 Å². The molecule has 0 radical (unpaired) electrons. The summed E-state index contributed by atoms with van der Waals surface area (Å²) in [4.78, 5) is 20.7. The van der Waals surface area contributed by atoms with Crippen molar-refractivity contribution in [1.29, 1.82) is 0 Å². The van der Waals surface area contributed by atoms with Gasteiger partial charge in [0.25, 0.3) is 0 Å². The molecule has 2 saturated heterocycles. The van der Waals surface area contributed by atoms with Gasteiger partial charge >= 0.3 is 6.09 Å². The number of carbonyl (C=O) groups excluding carboxylic acids is 1. The van der Waals surface area contributed by atoms with E-state index in [4.69, 9.17) is 4.74 Å². The minimum atomic E-state index is -0.292. The van der Waals surface area contributed by atoms with E-state index in [0.717, 1.165) is 61.7 Å². The lowest BCUT2D eigenvalue weighted by Gasteiger charge is -2.48. The number of ether oxygens (including phenoxy) is 1. The number of nitrogens with zero attached hydrogens (tertiary/aromatic N) is 5. The highest BCUT2D eigenvalue weighted by atomic mass is 32.1. The number of halogens is 1. The van der Waals surface area contributed by atoms with Crippen LogP contribution < -0.4 is 0 Å². The number of aromatic nitrogens is 3. The van der Waals surface area contributed by atoms with Crippen molar-refractivity contribution in [1.82, 2.24) is 25.0 Å². The Morgan fingerprint density at radius 3 is 2.84 bits per heavy atom. The monoisotopic (exact) mass is 445 g/mol. The summed E-state index contributed by atoms with van der Waals surface area (Å²) in [6, 6.07) is 2.21. The van der Waals surface area contributed by atoms with E-state index in [1.165, 1.54) is 30.4 Å². The number of piperidine rings is 1. The molecule has 166 valence electrons. The smallest absolute Gasteiger partial charge is 0.409 e. The topological polar surface area (TPSA) is 71.5 Å². The Kier molecular flexibility index (Phi) is 5.64. The highest BCUT2D eigenvalue weighted by Gasteiger charge is 2.51. The molecule has 2 aromatic heterocycles. The molecule has 2 aliphatic heterocycles. The van der Waals surface area contributed by atoms with E-state index in [1.807, 2.05) is 11.8 Å². The predicted molar refractivity (Wildman–Crippen MR) is 115 cm³/mol. The molecule has 0 N–H and O–H groups in total. The van der Waals surface area contributed by atoms with Crippen LogP contribution in [0.1, 0.15) is 50.5 Å². The highest BCUT2D eigenvalue weighted by molar-refractivity contribution is 7.12. The third-order valence-corrected chi connectivity index (χ3v) is 7.89. The van der Waals surface area contributed by atoms with Crippen LogP contribution in [-0.2, 0) is 4.74 Å². The van der Waals surface area contributed by atoms with Crippen molar-refractivity contribution in [3.05, 3.63) is 29.2 Å². The van der Waals surface area contributed by atoms with Crippen LogP contribution in [0.25, 0.3) is 10.7 Å². The lowest BCUT2D eigenvalue weighted by atomic mass is 9.78. The van der Waals surface area contributed by atoms with Crippen LogP contribution in [0.15, 0.2) is 17.8 Å². The zero-order valence-corrected chi connectivity index (χ0v) is 18.6. The summed E-state index contributed by atoms with van der Waals surface area (Å²) >= 11 is 1.44. The van der Waals surface area contributed by atoms with E-state index in [2.05, 4.69) is 20.1 Å². The van der Waals surface area contributed by atoms with E-state index >= 15 is 0 Å². The van der Waals surface area contributed by atoms with Gasteiger partial charge in [-0.3, -0.25) is 4.98 Å². The summed E-state index contributed by atoms with van der Waals surface area (Å²) in [6.45, 7) is 5.97. The molecule has 1 aliphatic carbocycles. The number of pyridine rings is 1. The largest absolute Gasteiger partial charge is 0.450 e. The third kappa shape index (κ3) is 4.05. The summed E-state index contributed by atoms with van der Waals surface area (Å²) in [6.07, 6.45) is 6.62. The first kappa shape index (κ1) is 20.8. The molecule has 1 atom stereocenters. The maximum Gasteiger partial charge on any atom is 0.409 e. The van der Waals surface area contributed by atoms with Crippen molar-refractivity contribution in [3.63, 3.8) is 0 Å². The molecule has 0 bridgehead atoms. The lowest BCUT2D eigenvalue weighted by molar-refractivity contribution is -0.00360. The van der Waals surface area contributed by atoms with Gasteiger partial charge in [-0.1, -0.05) is 11.3 Å². The third-order valence-electron chi connectivity index (χ3n) is 7.19. The molecule has 9 heteroatoms. The van der Waals surface area contributed by atoms with Gasteiger partial charge in [0.1, 0.15) is 17.0 Å². The standard InChI is InChI=1S/C22H28FN5O2S/c1-2-30-21(29)28-12-22(13-28)6-3-17(10-22)27-7-4-15(5-8-27)18-9-16(23)11-24-19(18)20-26-25-14-31-20/h9,11,14-15,17H,2-8,10,12-13H2,1H3/t17-/m1/s1. The van der Waals surface area contributed by atoms with Gasteiger partial charge in [0.05, 0.1) is 12.8 Å². The number of hydrogen-bond acceptors (Lipinski definition) is 7. The van der Waals surface area contributed by atoms with Crippen LogP contribution in [0.2, 0.25) is 0 Å². The second kappa shape index (κ2) is 8.43. The Bertz CT molecular complexity index is 926. The minimum Gasteiger partial charge on any atom is -0.450 e. The Balaban J connectivity index is 1.19. The summed E-state index contributed by atoms with van der Waals surface area (Å²) in [7, 11) is 0. The zero-order chi connectivity index (χ0) is 21.4.